The van der Waals surface area contributed by atoms with E-state index >= 15 is 0 Å². The van der Waals surface area contributed by atoms with Crippen LogP contribution in [0.2, 0.25) is 0 Å². The summed E-state index contributed by atoms with van der Waals surface area (Å²) in [5, 5.41) is 11.5. The largest absolute Gasteiger partial charge is 0.494 e. The number of rotatable bonds is 5. The molecule has 0 amide bonds. The summed E-state index contributed by atoms with van der Waals surface area (Å²) in [5.74, 6) is 1.47. The van der Waals surface area contributed by atoms with E-state index in [9.17, 15) is 0 Å². The highest BCUT2D eigenvalue weighted by molar-refractivity contribution is 9.10. The molecule has 1 heterocycles. The van der Waals surface area contributed by atoms with Crippen LogP contribution in [0.5, 0.6) is 5.75 Å². The number of H-pyrrole nitrogens is 1. The van der Waals surface area contributed by atoms with E-state index in [1.54, 1.807) is 10.9 Å². The quantitative estimate of drug-likeness (QED) is 0.498. The molecule has 0 radical (unpaired) electrons. The standard InChI is InChI=1S/C17H15BrN4OS/c1-2-23-15-9-5-13(6-10-15)16-20-21-17(24)22(16)19-11-12-3-7-14(18)8-4-12/h3-11H,2H2,1H3,(H,21,24). The number of benzene rings is 2. The molecule has 7 heteroatoms. The zero-order chi connectivity index (χ0) is 16.9. The van der Waals surface area contributed by atoms with Crippen molar-refractivity contribution in [2.75, 3.05) is 6.61 Å². The molecule has 0 saturated heterocycles. The van der Waals surface area contributed by atoms with Crippen molar-refractivity contribution in [3.8, 4) is 17.1 Å². The highest BCUT2D eigenvalue weighted by atomic mass is 79.9. The number of hydrogen-bond acceptors (Lipinski definition) is 4. The maximum atomic E-state index is 5.46. The second-order valence-electron chi connectivity index (χ2n) is 4.92. The second-order valence-corrected chi connectivity index (χ2v) is 6.22. The van der Waals surface area contributed by atoms with Crippen molar-refractivity contribution >= 4 is 34.4 Å². The highest BCUT2D eigenvalue weighted by Crippen LogP contribution is 2.21. The van der Waals surface area contributed by atoms with Gasteiger partial charge >= 0.3 is 0 Å². The summed E-state index contributed by atoms with van der Waals surface area (Å²) in [6.45, 7) is 2.59. The fraction of sp³-hybridized carbons (Fsp3) is 0.118. The molecular formula is C17H15BrN4OS. The van der Waals surface area contributed by atoms with Crippen LogP contribution in [0.4, 0.5) is 0 Å². The molecule has 0 aliphatic rings. The van der Waals surface area contributed by atoms with Gasteiger partial charge in [-0.15, -0.1) is 0 Å². The lowest BCUT2D eigenvalue weighted by molar-refractivity contribution is 0.340. The number of aromatic amines is 1. The number of hydrogen-bond donors (Lipinski definition) is 1. The Labute approximate surface area is 153 Å². The van der Waals surface area contributed by atoms with Gasteiger partial charge in [0.05, 0.1) is 12.8 Å². The van der Waals surface area contributed by atoms with Crippen LogP contribution in [0.1, 0.15) is 12.5 Å². The van der Waals surface area contributed by atoms with Gasteiger partial charge in [-0.25, -0.2) is 5.10 Å². The molecule has 122 valence electrons. The number of aromatic nitrogens is 3. The third-order valence-electron chi connectivity index (χ3n) is 3.27. The Hall–Kier alpha value is -2.25. The van der Waals surface area contributed by atoms with Gasteiger partial charge in [0.15, 0.2) is 5.82 Å². The summed E-state index contributed by atoms with van der Waals surface area (Å²) in [6, 6.07) is 15.5. The molecule has 24 heavy (non-hydrogen) atoms. The third-order valence-corrected chi connectivity index (χ3v) is 4.06. The van der Waals surface area contributed by atoms with Crippen molar-refractivity contribution < 1.29 is 4.74 Å². The number of halogens is 1. The van der Waals surface area contributed by atoms with E-state index in [1.165, 1.54) is 0 Å². The van der Waals surface area contributed by atoms with Crippen LogP contribution in [0.25, 0.3) is 11.4 Å². The maximum Gasteiger partial charge on any atom is 0.216 e. The minimum absolute atomic E-state index is 0.437. The molecule has 5 nitrogen and oxygen atoms in total. The maximum absolute atomic E-state index is 5.46. The van der Waals surface area contributed by atoms with Crippen molar-refractivity contribution in [2.24, 2.45) is 5.10 Å². The first-order valence-electron chi connectivity index (χ1n) is 7.38. The lowest BCUT2D eigenvalue weighted by atomic mass is 10.2. The lowest BCUT2D eigenvalue weighted by Crippen LogP contribution is -1.96. The lowest BCUT2D eigenvalue weighted by Gasteiger charge is -2.04. The van der Waals surface area contributed by atoms with Gasteiger partial charge in [-0.05, 0) is 61.1 Å². The Morgan fingerprint density at radius 1 is 1.21 bits per heavy atom. The van der Waals surface area contributed by atoms with E-state index in [4.69, 9.17) is 17.0 Å². The van der Waals surface area contributed by atoms with Crippen LogP contribution in [-0.4, -0.2) is 27.7 Å². The van der Waals surface area contributed by atoms with Crippen LogP contribution >= 0.6 is 28.1 Å². The summed E-state index contributed by atoms with van der Waals surface area (Å²) in [4.78, 5) is 0. The second kappa shape index (κ2) is 7.55. The summed E-state index contributed by atoms with van der Waals surface area (Å²) < 4.78 is 8.52. The zero-order valence-corrected chi connectivity index (χ0v) is 15.3. The van der Waals surface area contributed by atoms with Gasteiger partial charge in [0.2, 0.25) is 4.77 Å². The first-order chi connectivity index (χ1) is 11.7. The fourth-order valence-corrected chi connectivity index (χ4v) is 2.57. The number of nitrogens with one attached hydrogen (secondary N) is 1. The molecule has 0 aliphatic heterocycles. The molecule has 0 unspecified atom stereocenters. The van der Waals surface area contributed by atoms with Crippen LogP contribution in [0.15, 0.2) is 58.1 Å². The molecule has 0 bridgehead atoms. The molecular weight excluding hydrogens is 388 g/mol. The van der Waals surface area contributed by atoms with Crippen LogP contribution < -0.4 is 4.74 Å². The Morgan fingerprint density at radius 3 is 2.58 bits per heavy atom. The minimum atomic E-state index is 0.437. The smallest absolute Gasteiger partial charge is 0.216 e. The van der Waals surface area contributed by atoms with Crippen molar-refractivity contribution in [2.45, 2.75) is 6.92 Å². The molecule has 0 spiro atoms. The van der Waals surface area contributed by atoms with Crippen LogP contribution in [0, 0.1) is 4.77 Å². The summed E-state index contributed by atoms with van der Waals surface area (Å²) >= 11 is 8.69. The number of nitrogens with zero attached hydrogens (tertiary/aromatic N) is 3. The SMILES string of the molecule is CCOc1ccc(-c2n[nH]c(=S)n2N=Cc2ccc(Br)cc2)cc1. The van der Waals surface area contributed by atoms with Gasteiger partial charge in [-0.1, -0.05) is 28.1 Å². The molecule has 2 aromatic carbocycles. The zero-order valence-electron chi connectivity index (χ0n) is 12.9. The minimum Gasteiger partial charge on any atom is -0.494 e. The predicted molar refractivity (Wildman–Crippen MR) is 101 cm³/mol. The molecule has 1 aromatic heterocycles. The van der Waals surface area contributed by atoms with E-state index in [0.29, 0.717) is 17.2 Å². The van der Waals surface area contributed by atoms with Gasteiger partial charge in [0.25, 0.3) is 0 Å². The van der Waals surface area contributed by atoms with E-state index in [-0.39, 0.29) is 0 Å². The Balaban J connectivity index is 1.91. The van der Waals surface area contributed by atoms with Gasteiger partial charge in [-0.3, -0.25) is 0 Å². The first-order valence-corrected chi connectivity index (χ1v) is 8.58. The van der Waals surface area contributed by atoms with Crippen molar-refractivity contribution in [3.05, 3.63) is 63.3 Å². The normalized spacial score (nSPS) is 11.1. The van der Waals surface area contributed by atoms with Crippen molar-refractivity contribution in [1.29, 1.82) is 0 Å². The monoisotopic (exact) mass is 402 g/mol. The Bertz CT molecular complexity index is 898. The molecule has 0 saturated carbocycles. The van der Waals surface area contributed by atoms with Crippen molar-refractivity contribution in [3.63, 3.8) is 0 Å². The third kappa shape index (κ3) is 3.80. The van der Waals surface area contributed by atoms with Gasteiger partial charge in [-0.2, -0.15) is 14.9 Å². The van der Waals surface area contributed by atoms with Gasteiger partial charge in [0, 0.05) is 10.0 Å². The van der Waals surface area contributed by atoms with E-state index in [1.807, 2.05) is 55.5 Å². The van der Waals surface area contributed by atoms with Gasteiger partial charge < -0.3 is 4.74 Å². The predicted octanol–water partition coefficient (Wildman–Crippen LogP) is 4.65. The molecule has 3 aromatic rings. The summed E-state index contributed by atoms with van der Waals surface area (Å²) in [6.07, 6.45) is 1.75. The van der Waals surface area contributed by atoms with E-state index in [0.717, 1.165) is 21.3 Å². The van der Waals surface area contributed by atoms with Crippen LogP contribution in [-0.2, 0) is 0 Å². The average Bonchev–Trinajstić information content (AvgIpc) is 2.96. The Kier molecular flexibility index (Phi) is 5.22. The molecule has 1 N–H and O–H groups in total. The van der Waals surface area contributed by atoms with Gasteiger partial charge in [0.1, 0.15) is 5.75 Å². The molecule has 0 aliphatic carbocycles. The topological polar surface area (TPSA) is 55.2 Å². The Morgan fingerprint density at radius 2 is 1.92 bits per heavy atom. The summed E-state index contributed by atoms with van der Waals surface area (Å²) in [5.41, 5.74) is 1.87. The average molecular weight is 403 g/mol. The summed E-state index contributed by atoms with van der Waals surface area (Å²) in [7, 11) is 0. The first kappa shape index (κ1) is 16.6. The van der Waals surface area contributed by atoms with E-state index < -0.39 is 0 Å². The fourth-order valence-electron chi connectivity index (χ4n) is 2.13. The highest BCUT2D eigenvalue weighted by Gasteiger charge is 2.08. The van der Waals surface area contributed by atoms with E-state index in [2.05, 4.69) is 31.2 Å². The molecule has 3 rings (SSSR count). The number of ether oxygens (including phenoxy) is 1. The molecule has 0 fully saturated rings. The molecule has 0 atom stereocenters. The van der Waals surface area contributed by atoms with Crippen molar-refractivity contribution in [1.82, 2.24) is 14.9 Å². The van der Waals surface area contributed by atoms with Crippen LogP contribution in [0.3, 0.4) is 0 Å².